The summed E-state index contributed by atoms with van der Waals surface area (Å²) in [5.41, 5.74) is 4.60. The standard InChI is InChI=1S/C17H25N3O2/c1-12-6-16-17(7-13(12)2)20(11-18-16)10-15(21)9-19-4-5-22-14(3)8-19/h6-7,11,14-15,21H,4-5,8-10H2,1-3H3/t14-,15-/m0/s1. The summed E-state index contributed by atoms with van der Waals surface area (Å²) in [4.78, 5) is 6.72. The molecule has 22 heavy (non-hydrogen) atoms. The molecule has 0 aliphatic carbocycles. The number of hydrogen-bond acceptors (Lipinski definition) is 4. The van der Waals surface area contributed by atoms with Gasteiger partial charge >= 0.3 is 0 Å². The van der Waals surface area contributed by atoms with Crippen molar-refractivity contribution in [3.05, 3.63) is 29.6 Å². The summed E-state index contributed by atoms with van der Waals surface area (Å²) < 4.78 is 7.59. The monoisotopic (exact) mass is 303 g/mol. The lowest BCUT2D eigenvalue weighted by atomic mass is 10.1. The van der Waals surface area contributed by atoms with E-state index >= 15 is 0 Å². The predicted molar refractivity (Wildman–Crippen MR) is 87.1 cm³/mol. The fraction of sp³-hybridized carbons (Fsp3) is 0.588. The SMILES string of the molecule is Cc1cc2ncn(C[C@@H](O)CN3CCO[C@@H](C)C3)c2cc1C. The van der Waals surface area contributed by atoms with Crippen LogP contribution in [0.15, 0.2) is 18.5 Å². The van der Waals surface area contributed by atoms with E-state index in [4.69, 9.17) is 4.74 Å². The van der Waals surface area contributed by atoms with Gasteiger partial charge in [-0.3, -0.25) is 4.90 Å². The molecule has 2 heterocycles. The third kappa shape index (κ3) is 3.32. The molecule has 5 heteroatoms. The fourth-order valence-corrected chi connectivity index (χ4v) is 3.10. The molecule has 0 saturated carbocycles. The molecule has 1 saturated heterocycles. The molecule has 0 amide bonds. The number of aryl methyl sites for hydroxylation is 2. The van der Waals surface area contributed by atoms with Crippen molar-refractivity contribution in [3.8, 4) is 0 Å². The number of benzene rings is 1. The van der Waals surface area contributed by atoms with Crippen molar-refractivity contribution in [3.63, 3.8) is 0 Å². The minimum absolute atomic E-state index is 0.251. The Balaban J connectivity index is 1.68. The van der Waals surface area contributed by atoms with E-state index in [2.05, 4.69) is 47.4 Å². The molecule has 1 aliphatic rings. The summed E-state index contributed by atoms with van der Waals surface area (Å²) >= 11 is 0. The lowest BCUT2D eigenvalue weighted by Crippen LogP contribution is -2.45. The van der Waals surface area contributed by atoms with Crippen LogP contribution in [0.4, 0.5) is 0 Å². The highest BCUT2D eigenvalue weighted by atomic mass is 16.5. The molecule has 0 unspecified atom stereocenters. The summed E-state index contributed by atoms with van der Waals surface area (Å²) in [6.07, 6.45) is 1.68. The number of hydrogen-bond donors (Lipinski definition) is 1. The highest BCUT2D eigenvalue weighted by molar-refractivity contribution is 5.77. The van der Waals surface area contributed by atoms with Crippen LogP contribution in [0.1, 0.15) is 18.1 Å². The summed E-state index contributed by atoms with van der Waals surface area (Å²) in [7, 11) is 0. The van der Waals surface area contributed by atoms with Gasteiger partial charge in [0.05, 0.1) is 42.7 Å². The summed E-state index contributed by atoms with van der Waals surface area (Å²) in [5, 5.41) is 10.4. The van der Waals surface area contributed by atoms with Gasteiger partial charge in [0, 0.05) is 19.6 Å². The summed E-state index contributed by atoms with van der Waals surface area (Å²) in [6, 6.07) is 4.26. The van der Waals surface area contributed by atoms with E-state index < -0.39 is 6.10 Å². The number of β-amino-alcohol motifs (C(OH)–C–C–N with tert-alkyl or cyclic N) is 1. The fourth-order valence-electron chi connectivity index (χ4n) is 3.10. The van der Waals surface area contributed by atoms with Crippen molar-refractivity contribution in [1.82, 2.24) is 14.5 Å². The minimum Gasteiger partial charge on any atom is -0.390 e. The van der Waals surface area contributed by atoms with Crippen LogP contribution >= 0.6 is 0 Å². The topological polar surface area (TPSA) is 50.5 Å². The summed E-state index contributed by atoms with van der Waals surface area (Å²) in [5.74, 6) is 0. The first-order valence-corrected chi connectivity index (χ1v) is 7.97. The number of imidazole rings is 1. The predicted octanol–water partition coefficient (Wildman–Crippen LogP) is 1.73. The maximum absolute atomic E-state index is 10.4. The van der Waals surface area contributed by atoms with Crippen LogP contribution in [-0.2, 0) is 11.3 Å². The molecular weight excluding hydrogens is 278 g/mol. The van der Waals surface area contributed by atoms with E-state index in [0.717, 1.165) is 30.7 Å². The number of aliphatic hydroxyl groups excluding tert-OH is 1. The highest BCUT2D eigenvalue weighted by Crippen LogP contribution is 2.19. The van der Waals surface area contributed by atoms with Crippen molar-refractivity contribution in [2.75, 3.05) is 26.2 Å². The molecule has 2 atom stereocenters. The smallest absolute Gasteiger partial charge is 0.0959 e. The first-order chi connectivity index (χ1) is 10.5. The van der Waals surface area contributed by atoms with Crippen LogP contribution in [0, 0.1) is 13.8 Å². The molecule has 1 aromatic heterocycles. The minimum atomic E-state index is -0.399. The van der Waals surface area contributed by atoms with Gasteiger partial charge in [0.2, 0.25) is 0 Å². The van der Waals surface area contributed by atoms with Crippen LogP contribution in [0.25, 0.3) is 11.0 Å². The third-order valence-corrected chi connectivity index (χ3v) is 4.44. The first-order valence-electron chi connectivity index (χ1n) is 7.97. The van der Waals surface area contributed by atoms with Gasteiger partial charge < -0.3 is 14.4 Å². The Hall–Kier alpha value is -1.43. The van der Waals surface area contributed by atoms with Gasteiger partial charge in [-0.05, 0) is 44.0 Å². The maximum atomic E-state index is 10.4. The number of ether oxygens (including phenoxy) is 1. The van der Waals surface area contributed by atoms with Gasteiger partial charge in [0.15, 0.2) is 0 Å². The van der Waals surface area contributed by atoms with Gasteiger partial charge in [-0.25, -0.2) is 4.98 Å². The molecule has 2 aromatic rings. The molecule has 0 bridgehead atoms. The molecule has 0 spiro atoms. The zero-order valence-electron chi connectivity index (χ0n) is 13.6. The number of rotatable bonds is 4. The largest absolute Gasteiger partial charge is 0.390 e. The molecule has 3 rings (SSSR count). The normalized spacial score (nSPS) is 21.4. The van der Waals surface area contributed by atoms with Crippen molar-refractivity contribution >= 4 is 11.0 Å². The van der Waals surface area contributed by atoms with Crippen LogP contribution in [0.2, 0.25) is 0 Å². The quantitative estimate of drug-likeness (QED) is 0.934. The van der Waals surface area contributed by atoms with Gasteiger partial charge in [0.1, 0.15) is 0 Å². The second-order valence-electron chi connectivity index (χ2n) is 6.42. The molecule has 0 radical (unpaired) electrons. The Kier molecular flexibility index (Phi) is 4.47. The van der Waals surface area contributed by atoms with E-state index in [1.807, 2.05) is 6.33 Å². The molecule has 1 aliphatic heterocycles. The van der Waals surface area contributed by atoms with Gasteiger partial charge in [-0.2, -0.15) is 0 Å². The van der Waals surface area contributed by atoms with Crippen molar-refractivity contribution in [2.24, 2.45) is 0 Å². The van der Waals surface area contributed by atoms with E-state index in [-0.39, 0.29) is 6.10 Å². The van der Waals surface area contributed by atoms with E-state index in [0.29, 0.717) is 13.1 Å². The first kappa shape index (κ1) is 15.5. The Morgan fingerprint density at radius 2 is 2.09 bits per heavy atom. The van der Waals surface area contributed by atoms with E-state index in [9.17, 15) is 5.11 Å². The third-order valence-electron chi connectivity index (χ3n) is 4.44. The van der Waals surface area contributed by atoms with E-state index in [1.165, 1.54) is 11.1 Å². The molecule has 120 valence electrons. The Bertz CT molecular complexity index is 653. The number of aromatic nitrogens is 2. The van der Waals surface area contributed by atoms with Crippen molar-refractivity contribution < 1.29 is 9.84 Å². The molecule has 5 nitrogen and oxygen atoms in total. The molecule has 1 fully saturated rings. The highest BCUT2D eigenvalue weighted by Gasteiger charge is 2.19. The number of morpholine rings is 1. The van der Waals surface area contributed by atoms with Crippen LogP contribution in [0.5, 0.6) is 0 Å². The van der Waals surface area contributed by atoms with E-state index in [1.54, 1.807) is 0 Å². The van der Waals surface area contributed by atoms with Gasteiger partial charge in [-0.15, -0.1) is 0 Å². The molecule has 1 N–H and O–H groups in total. The lowest BCUT2D eigenvalue weighted by Gasteiger charge is -2.32. The Morgan fingerprint density at radius 3 is 2.86 bits per heavy atom. The van der Waals surface area contributed by atoms with Crippen LogP contribution in [-0.4, -0.2) is 58.0 Å². The molecule has 1 aromatic carbocycles. The second-order valence-corrected chi connectivity index (χ2v) is 6.42. The zero-order chi connectivity index (χ0) is 15.7. The van der Waals surface area contributed by atoms with Crippen LogP contribution in [0.3, 0.4) is 0 Å². The van der Waals surface area contributed by atoms with Crippen LogP contribution < -0.4 is 0 Å². The number of aliphatic hydroxyl groups is 1. The van der Waals surface area contributed by atoms with Gasteiger partial charge in [0.25, 0.3) is 0 Å². The number of nitrogens with zero attached hydrogens (tertiary/aromatic N) is 3. The number of fused-ring (bicyclic) bond motifs is 1. The summed E-state index contributed by atoms with van der Waals surface area (Å²) in [6.45, 7) is 10.1. The van der Waals surface area contributed by atoms with Gasteiger partial charge in [-0.1, -0.05) is 0 Å². The van der Waals surface area contributed by atoms with Crippen molar-refractivity contribution in [1.29, 1.82) is 0 Å². The Morgan fingerprint density at radius 1 is 1.32 bits per heavy atom. The second kappa shape index (κ2) is 6.36. The Labute approximate surface area is 131 Å². The average molecular weight is 303 g/mol. The lowest BCUT2D eigenvalue weighted by molar-refractivity contribution is -0.0330. The van der Waals surface area contributed by atoms with Crippen molar-refractivity contribution in [2.45, 2.75) is 39.5 Å². The average Bonchev–Trinajstić information content (AvgIpc) is 2.81. The molecular formula is C17H25N3O2. The maximum Gasteiger partial charge on any atom is 0.0959 e. The zero-order valence-corrected chi connectivity index (χ0v) is 13.6.